The van der Waals surface area contributed by atoms with Crippen LogP contribution in [0.1, 0.15) is 149 Å². The van der Waals surface area contributed by atoms with Gasteiger partial charge in [-0.25, -0.2) is 0 Å². The Balaban J connectivity index is 3.59. The summed E-state index contributed by atoms with van der Waals surface area (Å²) in [5.41, 5.74) is 0. The SMILES string of the molecule is CCCCCCCC/C=C\CCCCCCCC(=O)NC(CO)C(O)CCCCCCCC. The minimum absolute atomic E-state index is 0.0475. The van der Waals surface area contributed by atoms with Crippen molar-refractivity contribution in [2.75, 3.05) is 6.61 Å². The zero-order chi connectivity index (χ0) is 24.4. The molecule has 0 radical (unpaired) electrons. The van der Waals surface area contributed by atoms with E-state index in [9.17, 15) is 15.0 Å². The van der Waals surface area contributed by atoms with Gasteiger partial charge < -0.3 is 15.5 Å². The summed E-state index contributed by atoms with van der Waals surface area (Å²) in [6.07, 6.45) is 28.3. The molecule has 0 saturated carbocycles. The van der Waals surface area contributed by atoms with Crippen molar-refractivity contribution in [1.82, 2.24) is 5.32 Å². The minimum atomic E-state index is -0.653. The van der Waals surface area contributed by atoms with E-state index in [0.717, 1.165) is 25.7 Å². The molecule has 1 amide bonds. The number of aliphatic hydroxyl groups excluding tert-OH is 2. The van der Waals surface area contributed by atoms with E-state index in [1.165, 1.54) is 96.3 Å². The van der Waals surface area contributed by atoms with Crippen LogP contribution in [0.4, 0.5) is 0 Å². The summed E-state index contributed by atoms with van der Waals surface area (Å²) in [6.45, 7) is 4.27. The highest BCUT2D eigenvalue weighted by atomic mass is 16.3. The molecular formula is C29H57NO3. The summed E-state index contributed by atoms with van der Waals surface area (Å²) in [6, 6.07) is -0.531. The van der Waals surface area contributed by atoms with Gasteiger partial charge in [-0.1, -0.05) is 116 Å². The van der Waals surface area contributed by atoms with E-state index in [1.54, 1.807) is 0 Å². The smallest absolute Gasteiger partial charge is 0.220 e. The maximum absolute atomic E-state index is 12.2. The highest BCUT2D eigenvalue weighted by Gasteiger charge is 2.19. The number of nitrogens with one attached hydrogen (secondary N) is 1. The molecule has 196 valence electrons. The van der Waals surface area contributed by atoms with Gasteiger partial charge in [0.25, 0.3) is 0 Å². The van der Waals surface area contributed by atoms with Gasteiger partial charge in [0.1, 0.15) is 0 Å². The molecule has 0 aliphatic heterocycles. The van der Waals surface area contributed by atoms with Gasteiger partial charge in [-0.2, -0.15) is 0 Å². The molecule has 0 fully saturated rings. The van der Waals surface area contributed by atoms with Gasteiger partial charge in [-0.15, -0.1) is 0 Å². The molecule has 0 rings (SSSR count). The molecule has 0 heterocycles. The number of unbranched alkanes of at least 4 members (excludes halogenated alkanes) is 16. The summed E-state index contributed by atoms with van der Waals surface area (Å²) in [7, 11) is 0. The van der Waals surface area contributed by atoms with Crippen LogP contribution in [0.5, 0.6) is 0 Å². The lowest BCUT2D eigenvalue weighted by atomic mass is 10.0. The van der Waals surface area contributed by atoms with E-state index in [-0.39, 0.29) is 12.5 Å². The molecule has 4 heteroatoms. The standard InChI is InChI=1S/C29H57NO3/c1-3-5-7-9-11-12-13-14-15-16-17-18-19-21-23-25-29(33)30-27(26-31)28(32)24-22-20-10-8-6-4-2/h14-15,27-28,31-32H,3-13,16-26H2,1-2H3,(H,30,33)/b15-14-. The summed E-state index contributed by atoms with van der Waals surface area (Å²) in [5, 5.41) is 22.7. The van der Waals surface area contributed by atoms with Gasteiger partial charge in [-0.05, 0) is 38.5 Å². The number of allylic oxidation sites excluding steroid dienone is 2. The monoisotopic (exact) mass is 467 g/mol. The summed E-state index contributed by atoms with van der Waals surface area (Å²) in [4.78, 5) is 12.2. The Morgan fingerprint density at radius 1 is 0.697 bits per heavy atom. The topological polar surface area (TPSA) is 69.6 Å². The minimum Gasteiger partial charge on any atom is -0.394 e. The highest BCUT2D eigenvalue weighted by molar-refractivity contribution is 5.76. The highest BCUT2D eigenvalue weighted by Crippen LogP contribution is 2.12. The first-order valence-electron chi connectivity index (χ1n) is 14.4. The number of hydrogen-bond donors (Lipinski definition) is 3. The van der Waals surface area contributed by atoms with Crippen LogP contribution < -0.4 is 5.32 Å². The third-order valence-electron chi connectivity index (χ3n) is 6.53. The van der Waals surface area contributed by atoms with Crippen LogP contribution in [-0.2, 0) is 4.79 Å². The zero-order valence-corrected chi connectivity index (χ0v) is 22.2. The lowest BCUT2D eigenvalue weighted by Gasteiger charge is -2.22. The van der Waals surface area contributed by atoms with Crippen molar-refractivity contribution in [1.29, 1.82) is 0 Å². The fraction of sp³-hybridized carbons (Fsp3) is 0.897. The molecule has 0 aromatic heterocycles. The average molecular weight is 468 g/mol. The van der Waals surface area contributed by atoms with Crippen LogP contribution in [-0.4, -0.2) is 34.9 Å². The van der Waals surface area contributed by atoms with Gasteiger partial charge in [-0.3, -0.25) is 4.79 Å². The van der Waals surface area contributed by atoms with Crippen molar-refractivity contribution in [2.45, 2.75) is 161 Å². The Bertz CT molecular complexity index is 439. The second-order valence-electron chi connectivity index (χ2n) is 9.81. The molecule has 3 N–H and O–H groups in total. The molecule has 0 bridgehead atoms. The molecule has 0 aromatic carbocycles. The number of carbonyl (C=O) groups is 1. The predicted octanol–water partition coefficient (Wildman–Crippen LogP) is 7.61. The second-order valence-corrected chi connectivity index (χ2v) is 9.81. The Kier molecular flexibility index (Phi) is 25.1. The summed E-state index contributed by atoms with van der Waals surface area (Å²) < 4.78 is 0. The van der Waals surface area contributed by atoms with Crippen LogP contribution >= 0.6 is 0 Å². The Hall–Kier alpha value is -0.870. The van der Waals surface area contributed by atoms with E-state index >= 15 is 0 Å². The zero-order valence-electron chi connectivity index (χ0n) is 22.2. The molecule has 0 aliphatic carbocycles. The van der Waals surface area contributed by atoms with Gasteiger partial charge in [0.2, 0.25) is 5.91 Å². The van der Waals surface area contributed by atoms with Crippen LogP contribution in [0.25, 0.3) is 0 Å². The number of amides is 1. The maximum Gasteiger partial charge on any atom is 0.220 e. The Morgan fingerprint density at radius 2 is 1.15 bits per heavy atom. The number of aliphatic hydroxyl groups is 2. The van der Waals surface area contributed by atoms with Crippen molar-refractivity contribution in [2.24, 2.45) is 0 Å². The van der Waals surface area contributed by atoms with Crippen molar-refractivity contribution in [3.8, 4) is 0 Å². The first-order valence-corrected chi connectivity index (χ1v) is 14.4. The molecule has 2 atom stereocenters. The van der Waals surface area contributed by atoms with Crippen LogP contribution in [0.2, 0.25) is 0 Å². The first kappa shape index (κ1) is 32.1. The summed E-state index contributed by atoms with van der Waals surface area (Å²) >= 11 is 0. The molecule has 0 aromatic rings. The fourth-order valence-electron chi connectivity index (χ4n) is 4.23. The van der Waals surface area contributed by atoms with Crippen LogP contribution in [0, 0.1) is 0 Å². The fourth-order valence-corrected chi connectivity index (χ4v) is 4.23. The van der Waals surface area contributed by atoms with Crippen molar-refractivity contribution >= 4 is 5.91 Å². The molecule has 2 unspecified atom stereocenters. The van der Waals surface area contributed by atoms with Gasteiger partial charge in [0, 0.05) is 6.42 Å². The first-order chi connectivity index (χ1) is 16.2. The molecule has 4 nitrogen and oxygen atoms in total. The van der Waals surface area contributed by atoms with Crippen molar-refractivity contribution in [3.63, 3.8) is 0 Å². The van der Waals surface area contributed by atoms with E-state index in [4.69, 9.17) is 0 Å². The Morgan fingerprint density at radius 3 is 1.67 bits per heavy atom. The predicted molar refractivity (Wildman–Crippen MR) is 142 cm³/mol. The van der Waals surface area contributed by atoms with Crippen LogP contribution in [0.3, 0.4) is 0 Å². The molecular weight excluding hydrogens is 410 g/mol. The number of carbonyl (C=O) groups excluding carboxylic acids is 1. The van der Waals surface area contributed by atoms with E-state index in [1.807, 2.05) is 0 Å². The van der Waals surface area contributed by atoms with Crippen LogP contribution in [0.15, 0.2) is 12.2 Å². The molecule has 0 aliphatic rings. The maximum atomic E-state index is 12.2. The molecule has 33 heavy (non-hydrogen) atoms. The van der Waals surface area contributed by atoms with Gasteiger partial charge in [0.05, 0.1) is 18.8 Å². The van der Waals surface area contributed by atoms with E-state index in [2.05, 4.69) is 31.3 Å². The summed E-state index contributed by atoms with van der Waals surface area (Å²) in [5.74, 6) is -0.0475. The normalized spacial score (nSPS) is 13.5. The van der Waals surface area contributed by atoms with E-state index in [0.29, 0.717) is 12.8 Å². The van der Waals surface area contributed by atoms with Gasteiger partial charge in [0.15, 0.2) is 0 Å². The number of rotatable bonds is 25. The average Bonchev–Trinajstić information content (AvgIpc) is 2.82. The quantitative estimate of drug-likeness (QED) is 0.0955. The van der Waals surface area contributed by atoms with Gasteiger partial charge >= 0.3 is 0 Å². The third kappa shape index (κ3) is 22.7. The third-order valence-corrected chi connectivity index (χ3v) is 6.53. The lowest BCUT2D eigenvalue weighted by Crippen LogP contribution is -2.45. The van der Waals surface area contributed by atoms with Crippen molar-refractivity contribution < 1.29 is 15.0 Å². The second kappa shape index (κ2) is 25.7. The Labute approximate surface area is 206 Å². The van der Waals surface area contributed by atoms with Crippen molar-refractivity contribution in [3.05, 3.63) is 12.2 Å². The lowest BCUT2D eigenvalue weighted by molar-refractivity contribution is -0.123. The number of hydrogen-bond acceptors (Lipinski definition) is 3. The molecule has 0 spiro atoms. The largest absolute Gasteiger partial charge is 0.394 e. The molecule has 0 saturated heterocycles. The van der Waals surface area contributed by atoms with E-state index < -0.39 is 12.1 Å².